The summed E-state index contributed by atoms with van der Waals surface area (Å²) in [4.78, 5) is 25.4. The Hall–Kier alpha value is -1.26. The topological polar surface area (TPSA) is 69.6 Å². The van der Waals surface area contributed by atoms with Crippen molar-refractivity contribution in [1.82, 2.24) is 10.2 Å². The van der Waals surface area contributed by atoms with Gasteiger partial charge in [-0.1, -0.05) is 13.8 Å². The second-order valence-electron chi connectivity index (χ2n) is 6.76. The third kappa shape index (κ3) is 5.02. The summed E-state index contributed by atoms with van der Waals surface area (Å²) in [6.45, 7) is 5.51. The molecule has 0 spiro atoms. The number of aliphatic carboxylic acids is 1. The van der Waals surface area contributed by atoms with Crippen LogP contribution >= 0.6 is 0 Å². The van der Waals surface area contributed by atoms with E-state index in [1.165, 1.54) is 25.7 Å². The molecular formula is C15H26N2O3. The van der Waals surface area contributed by atoms with Crippen molar-refractivity contribution in [3.05, 3.63) is 0 Å². The van der Waals surface area contributed by atoms with Gasteiger partial charge in [-0.2, -0.15) is 0 Å². The van der Waals surface area contributed by atoms with E-state index in [-0.39, 0.29) is 11.9 Å². The average molecular weight is 282 g/mol. The number of nitrogens with one attached hydrogen (secondary N) is 1. The SMILES string of the molecule is CC(C)CC(NC(=O)N(CC1CC1)CC1CC1)C(=O)O. The summed E-state index contributed by atoms with van der Waals surface area (Å²) in [6, 6.07) is -0.972. The highest BCUT2D eigenvalue weighted by atomic mass is 16.4. The van der Waals surface area contributed by atoms with Gasteiger partial charge in [0.1, 0.15) is 6.04 Å². The number of rotatable bonds is 8. The van der Waals surface area contributed by atoms with Crippen LogP contribution in [0.5, 0.6) is 0 Å². The van der Waals surface area contributed by atoms with E-state index in [2.05, 4.69) is 5.32 Å². The van der Waals surface area contributed by atoms with Gasteiger partial charge in [-0.25, -0.2) is 9.59 Å². The number of nitrogens with zero attached hydrogens (tertiary/aromatic N) is 1. The second kappa shape index (κ2) is 6.46. The number of hydrogen-bond donors (Lipinski definition) is 2. The molecule has 0 aromatic rings. The highest BCUT2D eigenvalue weighted by molar-refractivity contribution is 5.82. The maximum absolute atomic E-state index is 12.3. The molecular weight excluding hydrogens is 256 g/mol. The Kier molecular flexibility index (Phi) is 4.89. The zero-order valence-corrected chi connectivity index (χ0v) is 12.5. The number of carboxylic acid groups (broad SMARTS) is 1. The van der Waals surface area contributed by atoms with Crippen molar-refractivity contribution in [3.63, 3.8) is 0 Å². The molecule has 0 bridgehead atoms. The maximum Gasteiger partial charge on any atom is 0.326 e. The van der Waals surface area contributed by atoms with E-state index < -0.39 is 12.0 Å². The minimum Gasteiger partial charge on any atom is -0.480 e. The van der Waals surface area contributed by atoms with Gasteiger partial charge in [0, 0.05) is 13.1 Å². The lowest BCUT2D eigenvalue weighted by Gasteiger charge is -2.26. The Morgan fingerprint density at radius 3 is 2.00 bits per heavy atom. The number of carboxylic acids is 1. The van der Waals surface area contributed by atoms with Crippen LogP contribution < -0.4 is 5.32 Å². The van der Waals surface area contributed by atoms with E-state index in [1.54, 1.807) is 0 Å². The molecule has 0 radical (unpaired) electrons. The molecule has 2 fully saturated rings. The summed E-state index contributed by atoms with van der Waals surface area (Å²) in [5.41, 5.74) is 0. The lowest BCUT2D eigenvalue weighted by molar-refractivity contribution is -0.139. The Labute approximate surface area is 120 Å². The van der Waals surface area contributed by atoms with E-state index in [0.29, 0.717) is 18.3 Å². The number of carbonyl (C=O) groups excluding carboxylic acids is 1. The van der Waals surface area contributed by atoms with Crippen LogP contribution in [0.4, 0.5) is 4.79 Å². The largest absolute Gasteiger partial charge is 0.480 e. The second-order valence-corrected chi connectivity index (χ2v) is 6.76. The van der Waals surface area contributed by atoms with Crippen LogP contribution in [0, 0.1) is 17.8 Å². The Morgan fingerprint density at radius 2 is 1.65 bits per heavy atom. The molecule has 2 amide bonds. The van der Waals surface area contributed by atoms with Gasteiger partial charge in [-0.05, 0) is 49.9 Å². The van der Waals surface area contributed by atoms with Crippen LogP contribution in [0.2, 0.25) is 0 Å². The first-order valence-corrected chi connectivity index (χ1v) is 7.74. The van der Waals surface area contributed by atoms with E-state index in [1.807, 2.05) is 18.7 Å². The van der Waals surface area contributed by atoms with Crippen LogP contribution in [0.3, 0.4) is 0 Å². The summed E-state index contributed by atoms with van der Waals surface area (Å²) in [5.74, 6) is 0.572. The molecule has 2 aliphatic rings. The summed E-state index contributed by atoms with van der Waals surface area (Å²) in [7, 11) is 0. The third-order valence-electron chi connectivity index (χ3n) is 3.94. The molecule has 0 heterocycles. The van der Waals surface area contributed by atoms with Crippen molar-refractivity contribution in [2.24, 2.45) is 17.8 Å². The van der Waals surface area contributed by atoms with Gasteiger partial charge in [0.05, 0.1) is 0 Å². The molecule has 5 heteroatoms. The standard InChI is InChI=1S/C15H26N2O3/c1-10(2)7-13(14(18)19)16-15(20)17(8-11-3-4-11)9-12-5-6-12/h10-13H,3-9H2,1-2H3,(H,16,20)(H,18,19). The van der Waals surface area contributed by atoms with Crippen molar-refractivity contribution in [1.29, 1.82) is 0 Å². The number of hydrogen-bond acceptors (Lipinski definition) is 2. The summed E-state index contributed by atoms with van der Waals surface area (Å²) >= 11 is 0. The normalized spacial score (nSPS) is 19.8. The lowest BCUT2D eigenvalue weighted by atomic mass is 10.0. The third-order valence-corrected chi connectivity index (χ3v) is 3.94. The molecule has 1 atom stereocenters. The quantitative estimate of drug-likeness (QED) is 0.718. The molecule has 2 aliphatic carbocycles. The minimum atomic E-state index is -0.940. The zero-order valence-electron chi connectivity index (χ0n) is 12.5. The van der Waals surface area contributed by atoms with Gasteiger partial charge in [0.2, 0.25) is 0 Å². The van der Waals surface area contributed by atoms with Crippen molar-refractivity contribution >= 4 is 12.0 Å². The fraction of sp³-hybridized carbons (Fsp3) is 0.867. The number of urea groups is 1. The molecule has 0 aliphatic heterocycles. The molecule has 2 N–H and O–H groups in total. The average Bonchev–Trinajstić information content (AvgIpc) is 3.21. The predicted molar refractivity (Wildman–Crippen MR) is 76.4 cm³/mol. The molecule has 114 valence electrons. The summed E-state index contributed by atoms with van der Waals surface area (Å²) in [5, 5.41) is 11.9. The highest BCUT2D eigenvalue weighted by Crippen LogP contribution is 2.33. The smallest absolute Gasteiger partial charge is 0.326 e. The van der Waals surface area contributed by atoms with Crippen LogP contribution in [-0.2, 0) is 4.79 Å². The van der Waals surface area contributed by atoms with Crippen LogP contribution in [0.15, 0.2) is 0 Å². The first-order chi connectivity index (χ1) is 9.45. The predicted octanol–water partition coefficient (Wildman–Crippen LogP) is 2.32. The van der Waals surface area contributed by atoms with Gasteiger partial charge < -0.3 is 15.3 Å². The maximum atomic E-state index is 12.3. The van der Waals surface area contributed by atoms with Crippen LogP contribution in [-0.4, -0.2) is 41.1 Å². The minimum absolute atomic E-state index is 0.197. The van der Waals surface area contributed by atoms with Gasteiger partial charge in [0.25, 0.3) is 0 Å². The van der Waals surface area contributed by atoms with Gasteiger partial charge in [-0.15, -0.1) is 0 Å². The molecule has 2 saturated carbocycles. The Morgan fingerprint density at radius 1 is 1.15 bits per heavy atom. The van der Waals surface area contributed by atoms with Crippen molar-refractivity contribution in [3.8, 4) is 0 Å². The monoisotopic (exact) mass is 282 g/mol. The first kappa shape index (κ1) is 15.1. The van der Waals surface area contributed by atoms with E-state index in [0.717, 1.165) is 13.1 Å². The molecule has 1 unspecified atom stereocenters. The molecule has 2 rings (SSSR count). The van der Waals surface area contributed by atoms with E-state index >= 15 is 0 Å². The van der Waals surface area contributed by atoms with Gasteiger partial charge in [0.15, 0.2) is 0 Å². The molecule has 0 aromatic heterocycles. The summed E-state index contributed by atoms with van der Waals surface area (Å²) < 4.78 is 0. The molecule has 20 heavy (non-hydrogen) atoms. The molecule has 0 saturated heterocycles. The van der Waals surface area contributed by atoms with E-state index in [4.69, 9.17) is 0 Å². The van der Waals surface area contributed by atoms with Gasteiger partial charge >= 0.3 is 12.0 Å². The Balaban J connectivity index is 1.88. The van der Waals surface area contributed by atoms with Crippen molar-refractivity contribution in [2.45, 2.75) is 52.0 Å². The zero-order chi connectivity index (χ0) is 14.7. The fourth-order valence-electron chi connectivity index (χ4n) is 2.40. The number of carbonyl (C=O) groups is 2. The molecule has 0 aromatic carbocycles. The highest BCUT2D eigenvalue weighted by Gasteiger charge is 2.33. The number of amides is 2. The van der Waals surface area contributed by atoms with Crippen molar-refractivity contribution in [2.75, 3.05) is 13.1 Å². The van der Waals surface area contributed by atoms with Crippen molar-refractivity contribution < 1.29 is 14.7 Å². The van der Waals surface area contributed by atoms with Crippen LogP contribution in [0.25, 0.3) is 0 Å². The van der Waals surface area contributed by atoms with Crippen LogP contribution in [0.1, 0.15) is 46.0 Å². The Bertz CT molecular complexity index is 348. The fourth-order valence-corrected chi connectivity index (χ4v) is 2.40. The first-order valence-electron chi connectivity index (χ1n) is 7.74. The van der Waals surface area contributed by atoms with E-state index in [9.17, 15) is 14.7 Å². The lowest BCUT2D eigenvalue weighted by Crippen LogP contribution is -2.49. The summed E-state index contributed by atoms with van der Waals surface area (Å²) in [6.07, 6.45) is 5.26. The molecule has 5 nitrogen and oxygen atoms in total. The van der Waals surface area contributed by atoms with Gasteiger partial charge in [-0.3, -0.25) is 0 Å².